The van der Waals surface area contributed by atoms with Gasteiger partial charge >= 0.3 is 5.97 Å². The Bertz CT molecular complexity index is 1090. The Morgan fingerprint density at radius 2 is 1.72 bits per heavy atom. The minimum Gasteiger partial charge on any atom is -0.481 e. The first-order valence-corrected chi connectivity index (χ1v) is 11.5. The first-order chi connectivity index (χ1) is 15.5. The van der Waals surface area contributed by atoms with Gasteiger partial charge < -0.3 is 19.7 Å². The van der Waals surface area contributed by atoms with Crippen LogP contribution in [0.3, 0.4) is 0 Å². The number of fused-ring (bicyclic) bond motifs is 4. The first kappa shape index (κ1) is 20.9. The molecule has 0 unspecified atom stereocenters. The van der Waals surface area contributed by atoms with Crippen LogP contribution in [0.4, 0.5) is 0 Å². The number of carboxylic acid groups (broad SMARTS) is 1. The van der Waals surface area contributed by atoms with Crippen molar-refractivity contribution in [3.05, 3.63) is 58.5 Å². The lowest BCUT2D eigenvalue weighted by atomic mass is 9.87. The second-order valence-electron chi connectivity index (χ2n) is 9.26. The monoisotopic (exact) mass is 436 g/mol. The largest absolute Gasteiger partial charge is 0.481 e. The van der Waals surface area contributed by atoms with E-state index in [1.807, 2.05) is 30.3 Å². The van der Waals surface area contributed by atoms with Gasteiger partial charge in [0, 0.05) is 36.2 Å². The Hall–Kier alpha value is -2.93. The van der Waals surface area contributed by atoms with Gasteiger partial charge in [-0.25, -0.2) is 0 Å². The van der Waals surface area contributed by atoms with Crippen molar-refractivity contribution in [2.45, 2.75) is 50.7 Å². The number of hydrogen-bond acceptors (Lipinski definition) is 4. The molecule has 2 bridgehead atoms. The van der Waals surface area contributed by atoms with E-state index in [2.05, 4.69) is 0 Å². The van der Waals surface area contributed by atoms with Crippen LogP contribution in [-0.2, 0) is 16.1 Å². The second kappa shape index (κ2) is 8.20. The fourth-order valence-corrected chi connectivity index (χ4v) is 6.09. The van der Waals surface area contributed by atoms with Crippen LogP contribution in [0, 0.1) is 17.8 Å². The van der Waals surface area contributed by atoms with Crippen molar-refractivity contribution in [1.82, 2.24) is 9.47 Å². The summed E-state index contributed by atoms with van der Waals surface area (Å²) in [7, 11) is 0. The van der Waals surface area contributed by atoms with E-state index in [9.17, 15) is 24.6 Å². The van der Waals surface area contributed by atoms with E-state index in [1.165, 1.54) is 0 Å². The Balaban J connectivity index is 1.62. The summed E-state index contributed by atoms with van der Waals surface area (Å²) in [5.74, 6) is -2.71. The molecule has 1 aromatic carbocycles. The number of carboxylic acids is 1. The Kier molecular flexibility index (Phi) is 5.37. The third-order valence-corrected chi connectivity index (χ3v) is 7.62. The van der Waals surface area contributed by atoms with Crippen molar-refractivity contribution in [2.24, 2.45) is 17.8 Å². The average Bonchev–Trinajstić information content (AvgIpc) is 3.07. The average molecular weight is 437 g/mol. The Morgan fingerprint density at radius 3 is 2.38 bits per heavy atom. The number of pyridine rings is 1. The summed E-state index contributed by atoms with van der Waals surface area (Å²) in [6.45, 7) is -0.125. The maximum absolute atomic E-state index is 13.6. The number of amides is 1. The van der Waals surface area contributed by atoms with Crippen LogP contribution in [0.25, 0.3) is 11.1 Å². The van der Waals surface area contributed by atoms with Crippen LogP contribution >= 0.6 is 0 Å². The lowest BCUT2D eigenvalue weighted by molar-refractivity contribution is -0.146. The molecule has 1 saturated heterocycles. The van der Waals surface area contributed by atoms with Gasteiger partial charge in [0.05, 0.1) is 18.0 Å². The summed E-state index contributed by atoms with van der Waals surface area (Å²) in [6, 6.07) is 11.7. The number of carbonyl (C=O) groups is 2. The summed E-state index contributed by atoms with van der Waals surface area (Å²) in [5, 5.41) is 20.2. The van der Waals surface area contributed by atoms with Crippen LogP contribution in [0.2, 0.25) is 0 Å². The van der Waals surface area contributed by atoms with Gasteiger partial charge in [-0.3, -0.25) is 14.4 Å². The molecule has 32 heavy (non-hydrogen) atoms. The van der Waals surface area contributed by atoms with Gasteiger partial charge in [0.1, 0.15) is 0 Å². The van der Waals surface area contributed by atoms with Crippen molar-refractivity contribution in [3.8, 4) is 11.1 Å². The molecule has 1 aromatic heterocycles. The first-order valence-electron chi connectivity index (χ1n) is 11.5. The summed E-state index contributed by atoms with van der Waals surface area (Å²) >= 11 is 0. The van der Waals surface area contributed by atoms with Gasteiger partial charge in [-0.15, -0.1) is 0 Å². The zero-order chi connectivity index (χ0) is 22.4. The molecular formula is C25H28N2O5. The summed E-state index contributed by atoms with van der Waals surface area (Å²) in [5.41, 5.74) is 1.72. The van der Waals surface area contributed by atoms with Crippen molar-refractivity contribution in [3.63, 3.8) is 0 Å². The molecule has 2 fully saturated rings. The van der Waals surface area contributed by atoms with Gasteiger partial charge in [-0.05, 0) is 30.5 Å². The molecule has 7 heteroatoms. The highest BCUT2D eigenvalue weighted by molar-refractivity contribution is 5.83. The zero-order valence-electron chi connectivity index (χ0n) is 17.9. The number of hydrogen-bond donors (Lipinski definition) is 2. The molecule has 168 valence electrons. The summed E-state index contributed by atoms with van der Waals surface area (Å²) in [4.78, 5) is 41.0. The fourth-order valence-electron chi connectivity index (χ4n) is 6.09. The van der Waals surface area contributed by atoms with Crippen LogP contribution in [0.1, 0.15) is 43.8 Å². The lowest BCUT2D eigenvalue weighted by Crippen LogP contribution is -2.51. The second-order valence-corrected chi connectivity index (χ2v) is 9.26. The van der Waals surface area contributed by atoms with Gasteiger partial charge in [0.15, 0.2) is 0 Å². The summed E-state index contributed by atoms with van der Waals surface area (Å²) in [6.07, 6.45) is 4.75. The molecule has 1 aliphatic carbocycles. The minimum atomic E-state index is -1.04. The van der Waals surface area contributed by atoms with Gasteiger partial charge in [-0.1, -0.05) is 49.6 Å². The molecule has 4 atom stereocenters. The van der Waals surface area contributed by atoms with Crippen molar-refractivity contribution in [1.29, 1.82) is 0 Å². The molecule has 0 radical (unpaired) electrons. The maximum atomic E-state index is 13.6. The van der Waals surface area contributed by atoms with E-state index in [0.29, 0.717) is 11.3 Å². The highest BCUT2D eigenvalue weighted by atomic mass is 16.4. The van der Waals surface area contributed by atoms with Crippen LogP contribution < -0.4 is 5.56 Å². The molecule has 2 aliphatic heterocycles. The van der Waals surface area contributed by atoms with E-state index in [-0.39, 0.29) is 30.5 Å². The van der Waals surface area contributed by atoms with E-state index >= 15 is 0 Å². The number of carbonyl (C=O) groups excluding carboxylic acids is 1. The Labute approximate surface area is 186 Å². The van der Waals surface area contributed by atoms with Crippen molar-refractivity contribution >= 4 is 11.9 Å². The molecule has 3 aliphatic rings. The van der Waals surface area contributed by atoms with E-state index in [4.69, 9.17) is 0 Å². The topological polar surface area (TPSA) is 99.8 Å². The third-order valence-electron chi connectivity index (χ3n) is 7.62. The highest BCUT2D eigenvalue weighted by Gasteiger charge is 2.58. The predicted octanol–water partition coefficient (Wildman–Crippen LogP) is 2.67. The molecule has 0 spiro atoms. The molecule has 2 aromatic rings. The zero-order valence-corrected chi connectivity index (χ0v) is 17.9. The quantitative estimate of drug-likeness (QED) is 0.768. The van der Waals surface area contributed by atoms with Crippen LogP contribution in [-0.4, -0.2) is 44.2 Å². The summed E-state index contributed by atoms with van der Waals surface area (Å²) < 4.78 is 1.63. The number of aromatic nitrogens is 1. The standard InChI is InChI=1S/C25H28N2O5/c28-14-18-20-13-26-19(12-11-17(24(26)30)15-7-3-1-4-8-15)22(21(18)25(31)32)27(20)23(29)16-9-5-2-6-10-16/h1,3-4,7-8,11-12,16,18,20-22,28H,2,5-6,9-10,13-14H2,(H,31,32)/t18-,20-,21+,22+/m1/s1. The maximum Gasteiger partial charge on any atom is 0.309 e. The lowest BCUT2D eigenvalue weighted by Gasteiger charge is -2.40. The van der Waals surface area contributed by atoms with Gasteiger partial charge in [0.25, 0.3) is 5.56 Å². The van der Waals surface area contributed by atoms with Crippen molar-refractivity contribution < 1.29 is 19.8 Å². The molecule has 3 heterocycles. The SMILES string of the molecule is O=C(O)[C@H]1[C@H](CO)[C@H]2Cn3c(ccc(-c4ccccc4)c3=O)[C@@H]1N2C(=O)C1CCCCC1. The van der Waals surface area contributed by atoms with E-state index < -0.39 is 29.9 Å². The van der Waals surface area contributed by atoms with E-state index in [0.717, 1.165) is 37.7 Å². The Morgan fingerprint density at radius 1 is 1.00 bits per heavy atom. The van der Waals surface area contributed by atoms with Crippen LogP contribution in [0.5, 0.6) is 0 Å². The van der Waals surface area contributed by atoms with Gasteiger partial charge in [0.2, 0.25) is 5.91 Å². The van der Waals surface area contributed by atoms with Crippen LogP contribution in [0.15, 0.2) is 47.3 Å². The molecule has 1 saturated carbocycles. The molecule has 2 N–H and O–H groups in total. The predicted molar refractivity (Wildman–Crippen MR) is 118 cm³/mol. The molecule has 5 rings (SSSR count). The van der Waals surface area contributed by atoms with Gasteiger partial charge in [-0.2, -0.15) is 0 Å². The number of rotatable bonds is 4. The highest BCUT2D eigenvalue weighted by Crippen LogP contribution is 2.49. The number of aliphatic hydroxyl groups excluding tert-OH is 1. The third kappa shape index (κ3) is 3.18. The fraction of sp³-hybridized carbons (Fsp3) is 0.480. The van der Waals surface area contributed by atoms with Crippen molar-refractivity contribution in [2.75, 3.05) is 6.61 Å². The molecule has 7 nitrogen and oxygen atoms in total. The number of benzene rings is 1. The number of aliphatic carboxylic acids is 1. The minimum absolute atomic E-state index is 0.0206. The smallest absolute Gasteiger partial charge is 0.309 e. The molecular weight excluding hydrogens is 408 g/mol. The number of nitrogens with zero attached hydrogens (tertiary/aromatic N) is 2. The normalized spacial score (nSPS) is 27.2. The number of aliphatic hydroxyl groups is 1. The molecule has 1 amide bonds. The van der Waals surface area contributed by atoms with E-state index in [1.54, 1.807) is 21.6 Å².